The fraction of sp³-hybridized carbons (Fsp3) is 0.154. The lowest BCUT2D eigenvalue weighted by Gasteiger charge is -2.14. The van der Waals surface area contributed by atoms with Gasteiger partial charge in [0.1, 0.15) is 5.75 Å². The minimum Gasteiger partial charge on any atom is -0.483 e. The lowest BCUT2D eigenvalue weighted by Crippen LogP contribution is -2.37. The summed E-state index contributed by atoms with van der Waals surface area (Å²) in [5, 5.41) is 8.37. The van der Waals surface area contributed by atoms with Crippen molar-refractivity contribution in [1.82, 2.24) is 10.7 Å². The van der Waals surface area contributed by atoms with Gasteiger partial charge in [0, 0.05) is 12.1 Å². The Kier molecular flexibility index (Phi) is 8.29. The molecule has 0 bridgehead atoms. The normalized spacial score (nSPS) is 12.2. The van der Waals surface area contributed by atoms with E-state index in [1.165, 1.54) is 24.4 Å². The van der Waals surface area contributed by atoms with E-state index in [4.69, 9.17) is 14.2 Å². The average molecular weight is 542 g/mol. The van der Waals surface area contributed by atoms with Crippen molar-refractivity contribution in [2.75, 3.05) is 18.7 Å². The SMILES string of the molecule is O=C(COc1ccccc1/C=N\NC(=O)C(=O)NCc1ccc2c(c1)OCO2)Nc1ccccc1C(F)(F)F. The zero-order chi connectivity index (χ0) is 27.8. The molecule has 3 N–H and O–H groups in total. The van der Waals surface area contributed by atoms with Crippen molar-refractivity contribution in [3.8, 4) is 17.2 Å². The molecule has 1 heterocycles. The van der Waals surface area contributed by atoms with Crippen LogP contribution in [0.25, 0.3) is 0 Å². The molecule has 1 aliphatic rings. The van der Waals surface area contributed by atoms with E-state index < -0.39 is 41.8 Å². The first kappa shape index (κ1) is 27.0. The molecule has 10 nitrogen and oxygen atoms in total. The van der Waals surface area contributed by atoms with Crippen molar-refractivity contribution in [3.63, 3.8) is 0 Å². The number of para-hydroxylation sites is 2. The number of alkyl halides is 3. The molecule has 0 unspecified atom stereocenters. The molecule has 3 aromatic carbocycles. The number of amides is 3. The molecule has 1 aliphatic heterocycles. The number of carbonyl (C=O) groups is 3. The van der Waals surface area contributed by atoms with Crippen LogP contribution < -0.4 is 30.3 Å². The van der Waals surface area contributed by atoms with E-state index in [1.807, 2.05) is 0 Å². The number of anilines is 1. The van der Waals surface area contributed by atoms with Gasteiger partial charge < -0.3 is 24.8 Å². The Hall–Kier alpha value is -5.07. The fourth-order valence-electron chi connectivity index (χ4n) is 3.41. The van der Waals surface area contributed by atoms with Crippen LogP contribution in [0.1, 0.15) is 16.7 Å². The van der Waals surface area contributed by atoms with Crippen molar-refractivity contribution < 1.29 is 41.8 Å². The Balaban J connectivity index is 1.27. The first-order chi connectivity index (χ1) is 18.7. The average Bonchev–Trinajstić information content (AvgIpc) is 3.39. The molecule has 0 spiro atoms. The summed E-state index contributed by atoms with van der Waals surface area (Å²) in [6, 6.07) is 16.0. The number of fused-ring (bicyclic) bond motifs is 1. The maximum atomic E-state index is 13.1. The lowest BCUT2D eigenvalue weighted by molar-refractivity contribution is -0.139. The summed E-state index contributed by atoms with van der Waals surface area (Å²) in [5.41, 5.74) is 1.74. The minimum atomic E-state index is -4.64. The zero-order valence-electron chi connectivity index (χ0n) is 20.1. The van der Waals surface area contributed by atoms with Crippen LogP contribution in [0, 0.1) is 0 Å². The van der Waals surface area contributed by atoms with E-state index in [9.17, 15) is 27.6 Å². The zero-order valence-corrected chi connectivity index (χ0v) is 20.1. The topological polar surface area (TPSA) is 127 Å². The smallest absolute Gasteiger partial charge is 0.418 e. The van der Waals surface area contributed by atoms with E-state index in [0.29, 0.717) is 22.6 Å². The largest absolute Gasteiger partial charge is 0.483 e. The molecule has 3 amide bonds. The van der Waals surface area contributed by atoms with Crippen LogP contribution in [0.15, 0.2) is 71.8 Å². The predicted molar refractivity (Wildman–Crippen MR) is 132 cm³/mol. The molecule has 202 valence electrons. The molecule has 4 rings (SSSR count). The highest BCUT2D eigenvalue weighted by molar-refractivity contribution is 6.35. The summed E-state index contributed by atoms with van der Waals surface area (Å²) >= 11 is 0. The molecule has 39 heavy (non-hydrogen) atoms. The van der Waals surface area contributed by atoms with Gasteiger partial charge in [-0.05, 0) is 42.0 Å². The second-order valence-corrected chi connectivity index (χ2v) is 7.99. The lowest BCUT2D eigenvalue weighted by atomic mass is 10.1. The van der Waals surface area contributed by atoms with Crippen LogP contribution in [0.3, 0.4) is 0 Å². The van der Waals surface area contributed by atoms with Gasteiger partial charge in [-0.2, -0.15) is 18.3 Å². The van der Waals surface area contributed by atoms with Crippen LogP contribution in [0.4, 0.5) is 18.9 Å². The van der Waals surface area contributed by atoms with Gasteiger partial charge in [-0.25, -0.2) is 5.43 Å². The molecule has 3 aromatic rings. The summed E-state index contributed by atoms with van der Waals surface area (Å²) < 4.78 is 55.3. The number of hydrogen-bond acceptors (Lipinski definition) is 7. The van der Waals surface area contributed by atoms with Crippen LogP contribution in [-0.4, -0.2) is 37.3 Å². The third-order valence-corrected chi connectivity index (χ3v) is 5.25. The number of ether oxygens (including phenoxy) is 3. The first-order valence-corrected chi connectivity index (χ1v) is 11.4. The van der Waals surface area contributed by atoms with Crippen LogP contribution in [0.2, 0.25) is 0 Å². The van der Waals surface area contributed by atoms with Gasteiger partial charge in [0.25, 0.3) is 5.91 Å². The molecule has 13 heteroatoms. The maximum absolute atomic E-state index is 13.1. The summed E-state index contributed by atoms with van der Waals surface area (Å²) in [5.74, 6) is -1.46. The Morgan fingerprint density at radius 3 is 2.51 bits per heavy atom. The summed E-state index contributed by atoms with van der Waals surface area (Å²) in [6.07, 6.45) is -3.45. The van der Waals surface area contributed by atoms with Gasteiger partial charge in [0.05, 0.1) is 17.5 Å². The summed E-state index contributed by atoms with van der Waals surface area (Å²) in [4.78, 5) is 36.4. The second-order valence-electron chi connectivity index (χ2n) is 7.99. The second kappa shape index (κ2) is 12.0. The third kappa shape index (κ3) is 7.25. The fourth-order valence-corrected chi connectivity index (χ4v) is 3.41. The first-order valence-electron chi connectivity index (χ1n) is 11.4. The van der Waals surface area contributed by atoms with Gasteiger partial charge in [-0.1, -0.05) is 30.3 Å². The number of halogens is 3. The van der Waals surface area contributed by atoms with Crippen molar-refractivity contribution in [2.24, 2.45) is 5.10 Å². The monoisotopic (exact) mass is 542 g/mol. The Bertz CT molecular complexity index is 1410. The molecule has 0 atom stereocenters. The van der Waals surface area contributed by atoms with Gasteiger partial charge in [-0.15, -0.1) is 0 Å². The molecule has 0 saturated carbocycles. The van der Waals surface area contributed by atoms with E-state index in [-0.39, 0.29) is 19.1 Å². The van der Waals surface area contributed by atoms with E-state index in [0.717, 1.165) is 12.1 Å². The Morgan fingerprint density at radius 2 is 1.69 bits per heavy atom. The highest BCUT2D eigenvalue weighted by Gasteiger charge is 2.33. The molecule has 0 saturated heterocycles. The summed E-state index contributed by atoms with van der Waals surface area (Å²) in [6.45, 7) is -0.409. The number of hydrogen-bond donors (Lipinski definition) is 3. The quantitative estimate of drug-likeness (QED) is 0.228. The van der Waals surface area contributed by atoms with Crippen LogP contribution in [-0.2, 0) is 27.1 Å². The van der Waals surface area contributed by atoms with Crippen molar-refractivity contribution in [1.29, 1.82) is 0 Å². The standard InChI is InChI=1S/C26H21F3N4O6/c27-26(28,29)18-6-2-3-7-19(18)32-23(34)14-37-20-8-4-1-5-17(20)13-31-33-25(36)24(35)30-12-16-9-10-21-22(11-16)39-15-38-21/h1-11,13H,12,14-15H2,(H,30,35)(H,32,34)(H,33,36)/b31-13-. The molecule has 0 radical (unpaired) electrons. The number of hydrazone groups is 1. The van der Waals surface area contributed by atoms with E-state index >= 15 is 0 Å². The highest BCUT2D eigenvalue weighted by atomic mass is 19.4. The molecular formula is C26H21F3N4O6. The van der Waals surface area contributed by atoms with E-state index in [2.05, 4.69) is 21.2 Å². The van der Waals surface area contributed by atoms with Gasteiger partial charge in [-0.3, -0.25) is 14.4 Å². The number of rotatable bonds is 8. The van der Waals surface area contributed by atoms with Crippen LogP contribution in [0.5, 0.6) is 17.2 Å². The molecule has 0 fully saturated rings. The minimum absolute atomic E-state index is 0.0682. The number of nitrogens with one attached hydrogen (secondary N) is 3. The Morgan fingerprint density at radius 1 is 0.949 bits per heavy atom. The van der Waals surface area contributed by atoms with E-state index in [1.54, 1.807) is 36.4 Å². The van der Waals surface area contributed by atoms with Crippen molar-refractivity contribution in [2.45, 2.75) is 12.7 Å². The number of nitrogens with zero attached hydrogens (tertiary/aromatic N) is 1. The molecule has 0 aliphatic carbocycles. The maximum Gasteiger partial charge on any atom is 0.418 e. The summed E-state index contributed by atoms with van der Waals surface area (Å²) in [7, 11) is 0. The van der Waals surface area contributed by atoms with Crippen molar-refractivity contribution >= 4 is 29.6 Å². The molecular weight excluding hydrogens is 521 g/mol. The van der Waals surface area contributed by atoms with Gasteiger partial charge in [0.15, 0.2) is 18.1 Å². The van der Waals surface area contributed by atoms with Gasteiger partial charge in [0.2, 0.25) is 6.79 Å². The van der Waals surface area contributed by atoms with Gasteiger partial charge >= 0.3 is 18.0 Å². The van der Waals surface area contributed by atoms with Crippen molar-refractivity contribution in [3.05, 3.63) is 83.4 Å². The van der Waals surface area contributed by atoms with Crippen LogP contribution >= 0.6 is 0 Å². The highest BCUT2D eigenvalue weighted by Crippen LogP contribution is 2.34. The number of carbonyl (C=O) groups excluding carboxylic acids is 3. The third-order valence-electron chi connectivity index (χ3n) is 5.25. The Labute approximate surface area is 219 Å². The molecule has 0 aromatic heterocycles. The predicted octanol–water partition coefficient (Wildman–Crippen LogP) is 3.22. The number of benzene rings is 3.